The number of carbonyl (C=O) groups excluding carboxylic acids is 1. The molecule has 2 saturated heterocycles. The average Bonchev–Trinajstić information content (AvgIpc) is 3.04. The summed E-state index contributed by atoms with van der Waals surface area (Å²) in [5.41, 5.74) is -1.13. The molecule has 5 nitrogen and oxygen atoms in total. The number of aliphatic hydroxyl groups excluding tert-OH is 1. The summed E-state index contributed by atoms with van der Waals surface area (Å²) in [6.07, 6.45) is 0.586. The number of piperidine rings is 1. The van der Waals surface area contributed by atoms with Crippen LogP contribution in [0.2, 0.25) is 0 Å². The minimum Gasteiger partial charge on any atom is -0.387 e. The lowest BCUT2D eigenvalue weighted by Gasteiger charge is -2.51. The second-order valence-electron chi connectivity index (χ2n) is 7.36. The first-order valence-corrected chi connectivity index (χ1v) is 9.61. The normalized spacial score (nSPS) is 29.2. The highest BCUT2D eigenvalue weighted by atomic mass is 32.1. The lowest BCUT2D eigenvalue weighted by molar-refractivity contribution is -0.244. The lowest BCUT2D eigenvalue weighted by Crippen LogP contribution is -2.64. The number of hydrogen-bond acceptors (Lipinski definition) is 5. The van der Waals surface area contributed by atoms with Gasteiger partial charge in [0, 0.05) is 35.0 Å². The summed E-state index contributed by atoms with van der Waals surface area (Å²) < 4.78 is 7.01. The quantitative estimate of drug-likeness (QED) is 0.818. The van der Waals surface area contributed by atoms with Crippen LogP contribution in [0, 0.1) is 0 Å². The van der Waals surface area contributed by atoms with Crippen molar-refractivity contribution in [3.8, 4) is 0 Å². The molecular weight excluding hydrogens is 338 g/mol. The third-order valence-electron chi connectivity index (χ3n) is 5.69. The summed E-state index contributed by atoms with van der Waals surface area (Å²) in [7, 11) is 0. The highest BCUT2D eigenvalue weighted by molar-refractivity contribution is 7.17. The van der Waals surface area contributed by atoms with Gasteiger partial charge in [0.05, 0.1) is 17.8 Å². The van der Waals surface area contributed by atoms with Gasteiger partial charge in [-0.2, -0.15) is 0 Å². The Bertz CT molecular complexity index is 792. The molecule has 1 spiro atoms. The highest BCUT2D eigenvalue weighted by Gasteiger charge is 2.52. The van der Waals surface area contributed by atoms with Crippen molar-refractivity contribution in [2.45, 2.75) is 43.5 Å². The fourth-order valence-electron chi connectivity index (χ4n) is 4.06. The predicted molar refractivity (Wildman–Crippen MR) is 96.9 cm³/mol. The first-order chi connectivity index (χ1) is 11.9. The Kier molecular flexibility index (Phi) is 4.11. The van der Waals surface area contributed by atoms with E-state index < -0.39 is 17.3 Å². The molecule has 2 fully saturated rings. The molecule has 25 heavy (non-hydrogen) atoms. The number of carbonyl (C=O) groups is 1. The first-order valence-electron chi connectivity index (χ1n) is 8.73. The van der Waals surface area contributed by atoms with Gasteiger partial charge >= 0.3 is 0 Å². The summed E-state index contributed by atoms with van der Waals surface area (Å²) in [6, 6.07) is 7.93. The number of hydrogen-bond donors (Lipinski definition) is 2. The molecule has 2 aliphatic heterocycles. The molecule has 2 aliphatic rings. The van der Waals surface area contributed by atoms with Crippen molar-refractivity contribution in [3.05, 3.63) is 35.2 Å². The zero-order valence-electron chi connectivity index (χ0n) is 14.3. The van der Waals surface area contributed by atoms with E-state index in [2.05, 4.69) is 0 Å². The standard InChI is InChI=1S/C19H23NO4S/c1-18(23)8-11-24-19(17(18)22)6-9-20(10-7-19)16(21)14-12-25-15-5-3-2-4-13(14)15/h2-5,12,17,22-23H,6-11H2,1H3/t17-,18+/m0/s1. The average molecular weight is 361 g/mol. The van der Waals surface area contributed by atoms with E-state index in [1.165, 1.54) is 0 Å². The Morgan fingerprint density at radius 1 is 1.28 bits per heavy atom. The summed E-state index contributed by atoms with van der Waals surface area (Å²) in [6.45, 7) is 3.15. The smallest absolute Gasteiger partial charge is 0.255 e. The Hall–Kier alpha value is -1.47. The maximum atomic E-state index is 12.9. The zero-order chi connectivity index (χ0) is 17.7. The number of thiophene rings is 1. The number of fused-ring (bicyclic) bond motifs is 1. The van der Waals surface area contributed by atoms with E-state index in [1.54, 1.807) is 18.3 Å². The van der Waals surface area contributed by atoms with Gasteiger partial charge in [0.1, 0.15) is 11.7 Å². The number of nitrogens with zero attached hydrogens (tertiary/aromatic N) is 1. The predicted octanol–water partition coefficient (Wildman–Crippen LogP) is 2.41. The molecule has 0 bridgehead atoms. The van der Waals surface area contributed by atoms with Gasteiger partial charge in [-0.3, -0.25) is 4.79 Å². The number of aliphatic hydroxyl groups is 2. The largest absolute Gasteiger partial charge is 0.387 e. The van der Waals surface area contributed by atoms with Crippen LogP contribution in [0.15, 0.2) is 29.6 Å². The van der Waals surface area contributed by atoms with E-state index in [-0.39, 0.29) is 5.91 Å². The van der Waals surface area contributed by atoms with Crippen LogP contribution in [-0.2, 0) is 4.74 Å². The molecule has 0 saturated carbocycles. The van der Waals surface area contributed by atoms with Crippen molar-refractivity contribution in [3.63, 3.8) is 0 Å². The van der Waals surface area contributed by atoms with Crippen molar-refractivity contribution >= 4 is 27.3 Å². The van der Waals surface area contributed by atoms with Crippen LogP contribution in [0.3, 0.4) is 0 Å². The van der Waals surface area contributed by atoms with E-state index in [1.807, 2.05) is 34.5 Å². The minimum atomic E-state index is -1.13. The van der Waals surface area contributed by atoms with E-state index in [4.69, 9.17) is 4.74 Å². The van der Waals surface area contributed by atoms with Crippen LogP contribution in [-0.4, -0.2) is 58.0 Å². The molecule has 3 heterocycles. The van der Waals surface area contributed by atoms with Gasteiger partial charge in [-0.1, -0.05) is 18.2 Å². The van der Waals surface area contributed by atoms with Gasteiger partial charge in [-0.25, -0.2) is 0 Å². The molecule has 1 amide bonds. The van der Waals surface area contributed by atoms with E-state index in [0.29, 0.717) is 39.0 Å². The molecule has 1 aromatic heterocycles. The number of ether oxygens (including phenoxy) is 1. The van der Waals surface area contributed by atoms with Gasteiger partial charge in [-0.05, 0) is 25.8 Å². The van der Waals surface area contributed by atoms with Crippen molar-refractivity contribution in [1.29, 1.82) is 0 Å². The number of rotatable bonds is 1. The van der Waals surface area contributed by atoms with Crippen molar-refractivity contribution in [2.75, 3.05) is 19.7 Å². The third-order valence-corrected chi connectivity index (χ3v) is 6.66. The fraction of sp³-hybridized carbons (Fsp3) is 0.526. The molecule has 2 N–H and O–H groups in total. The SMILES string of the molecule is C[C@@]1(O)CCOC2(CCN(C(=O)c3csc4ccccc34)CC2)[C@H]1O. The van der Waals surface area contributed by atoms with Crippen molar-refractivity contribution in [1.82, 2.24) is 4.90 Å². The van der Waals surface area contributed by atoms with E-state index in [9.17, 15) is 15.0 Å². The molecular formula is C19H23NO4S. The highest BCUT2D eigenvalue weighted by Crippen LogP contribution is 2.40. The fourth-order valence-corrected chi connectivity index (χ4v) is 5.00. The van der Waals surface area contributed by atoms with Gasteiger partial charge in [0.25, 0.3) is 5.91 Å². The van der Waals surface area contributed by atoms with Gasteiger partial charge in [0.15, 0.2) is 0 Å². The molecule has 0 unspecified atom stereocenters. The van der Waals surface area contributed by atoms with Crippen molar-refractivity contribution < 1.29 is 19.7 Å². The molecule has 2 aromatic rings. The number of amides is 1. The molecule has 2 atom stereocenters. The minimum absolute atomic E-state index is 0.0318. The van der Waals surface area contributed by atoms with E-state index in [0.717, 1.165) is 15.6 Å². The summed E-state index contributed by atoms with van der Waals surface area (Å²) >= 11 is 1.58. The van der Waals surface area contributed by atoms with Crippen LogP contribution in [0.25, 0.3) is 10.1 Å². The molecule has 134 valence electrons. The molecule has 1 aromatic carbocycles. The lowest BCUT2D eigenvalue weighted by atomic mass is 9.75. The third kappa shape index (κ3) is 2.77. The van der Waals surface area contributed by atoms with Gasteiger partial charge in [0.2, 0.25) is 0 Å². The summed E-state index contributed by atoms with van der Waals surface area (Å²) in [5.74, 6) is 0.0318. The second kappa shape index (κ2) is 6.06. The first kappa shape index (κ1) is 17.0. The van der Waals surface area contributed by atoms with Gasteiger partial charge in [-0.15, -0.1) is 11.3 Å². The Labute approximate surface area is 150 Å². The van der Waals surface area contributed by atoms with Gasteiger partial charge < -0.3 is 19.8 Å². The number of benzene rings is 1. The molecule has 6 heteroatoms. The maximum absolute atomic E-state index is 12.9. The molecule has 0 radical (unpaired) electrons. The maximum Gasteiger partial charge on any atom is 0.255 e. The van der Waals surface area contributed by atoms with Crippen molar-refractivity contribution in [2.24, 2.45) is 0 Å². The molecule has 0 aliphatic carbocycles. The van der Waals surface area contributed by atoms with Crippen LogP contribution >= 0.6 is 11.3 Å². The molecule has 4 rings (SSSR count). The Balaban J connectivity index is 1.51. The second-order valence-corrected chi connectivity index (χ2v) is 8.27. The monoisotopic (exact) mass is 361 g/mol. The summed E-state index contributed by atoms with van der Waals surface area (Å²) in [4.78, 5) is 14.8. The Morgan fingerprint density at radius 2 is 2.00 bits per heavy atom. The van der Waals surface area contributed by atoms with Crippen LogP contribution in [0.5, 0.6) is 0 Å². The summed E-state index contributed by atoms with van der Waals surface area (Å²) in [5, 5.41) is 23.9. The van der Waals surface area contributed by atoms with Crippen LogP contribution in [0.4, 0.5) is 0 Å². The van der Waals surface area contributed by atoms with E-state index >= 15 is 0 Å². The van der Waals surface area contributed by atoms with Crippen LogP contribution < -0.4 is 0 Å². The van der Waals surface area contributed by atoms with Crippen LogP contribution in [0.1, 0.15) is 36.5 Å². The Morgan fingerprint density at radius 3 is 2.76 bits per heavy atom. The number of likely N-dealkylation sites (tertiary alicyclic amines) is 1. The topological polar surface area (TPSA) is 70.0 Å². The zero-order valence-corrected chi connectivity index (χ0v) is 15.1.